The maximum absolute atomic E-state index is 13.9. The van der Waals surface area contributed by atoms with Gasteiger partial charge in [0.25, 0.3) is 0 Å². The topological polar surface area (TPSA) is 176 Å². The van der Waals surface area contributed by atoms with Gasteiger partial charge < -0.3 is 38.4 Å². The van der Waals surface area contributed by atoms with E-state index in [0.717, 1.165) is 11.1 Å². The van der Waals surface area contributed by atoms with Crippen LogP contribution in [0, 0.1) is 11.8 Å². The molecular formula is C43H51N2O12PS. The molecule has 14 nitrogen and oxygen atoms in total. The Balaban J connectivity index is 1.16. The summed E-state index contributed by atoms with van der Waals surface area (Å²) >= 11 is 0. The van der Waals surface area contributed by atoms with Crippen LogP contribution in [0.4, 0.5) is 4.79 Å². The zero-order valence-electron chi connectivity index (χ0n) is 33.0. The Morgan fingerprint density at radius 1 is 0.881 bits per heavy atom. The Morgan fingerprint density at radius 3 is 2.10 bits per heavy atom. The highest BCUT2D eigenvalue weighted by molar-refractivity contribution is 7.89. The van der Waals surface area contributed by atoms with Gasteiger partial charge in [-0.2, -0.15) is 4.31 Å². The third-order valence-electron chi connectivity index (χ3n) is 9.93. The maximum Gasteiger partial charge on any atom is 0.407 e. The summed E-state index contributed by atoms with van der Waals surface area (Å²) in [7, 11) is -7.89. The minimum atomic E-state index is -4.12. The molecular weight excluding hydrogens is 800 g/mol. The highest BCUT2D eigenvalue weighted by Gasteiger charge is 2.44. The van der Waals surface area contributed by atoms with Crippen molar-refractivity contribution in [3.8, 4) is 5.75 Å². The summed E-state index contributed by atoms with van der Waals surface area (Å²) in [4.78, 5) is 24.6. The Morgan fingerprint density at radius 2 is 1.51 bits per heavy atom. The van der Waals surface area contributed by atoms with Crippen LogP contribution in [0.3, 0.4) is 0 Å². The van der Waals surface area contributed by atoms with Gasteiger partial charge in [-0.15, -0.1) is 0 Å². The second kappa shape index (κ2) is 20.7. The summed E-state index contributed by atoms with van der Waals surface area (Å²) in [6.07, 6.45) is -2.16. The van der Waals surface area contributed by atoms with Crippen LogP contribution in [0.15, 0.2) is 114 Å². The number of aliphatic hydroxyl groups is 1. The van der Waals surface area contributed by atoms with E-state index in [4.69, 9.17) is 28.0 Å². The van der Waals surface area contributed by atoms with Crippen molar-refractivity contribution in [2.75, 3.05) is 32.7 Å². The van der Waals surface area contributed by atoms with E-state index in [1.165, 1.54) is 28.6 Å². The molecule has 4 aromatic carbocycles. The molecule has 316 valence electrons. The minimum Gasteiger partial charge on any atom is -0.481 e. The van der Waals surface area contributed by atoms with E-state index in [-0.39, 0.29) is 62.4 Å². The second-order valence-corrected chi connectivity index (χ2v) is 18.9. The zero-order valence-corrected chi connectivity index (χ0v) is 34.7. The lowest BCUT2D eigenvalue weighted by molar-refractivity contribution is -0.0907. The van der Waals surface area contributed by atoms with E-state index >= 15 is 0 Å². The van der Waals surface area contributed by atoms with Crippen molar-refractivity contribution < 1.29 is 55.7 Å². The van der Waals surface area contributed by atoms with E-state index in [1.807, 2.05) is 74.5 Å². The number of fused-ring (bicyclic) bond motifs is 1. The number of hydrogen-bond donors (Lipinski definition) is 2. The molecule has 16 heteroatoms. The third kappa shape index (κ3) is 12.5. The fraction of sp³-hybridized carbons (Fsp3) is 0.395. The number of aldehydes is 1. The quantitative estimate of drug-likeness (QED) is 0.0683. The number of alkyl carbamates (subject to hydrolysis) is 1. The van der Waals surface area contributed by atoms with Crippen LogP contribution in [0.25, 0.3) is 0 Å². The van der Waals surface area contributed by atoms with Crippen molar-refractivity contribution >= 4 is 30.0 Å². The van der Waals surface area contributed by atoms with Gasteiger partial charge in [-0.05, 0) is 59.7 Å². The molecule has 5 atom stereocenters. The lowest BCUT2D eigenvalue weighted by Crippen LogP contribution is -2.51. The smallest absolute Gasteiger partial charge is 0.407 e. The predicted octanol–water partition coefficient (Wildman–Crippen LogP) is 6.57. The highest BCUT2D eigenvalue weighted by Crippen LogP contribution is 2.50. The van der Waals surface area contributed by atoms with Crippen molar-refractivity contribution in [3.63, 3.8) is 0 Å². The molecule has 6 rings (SSSR count). The van der Waals surface area contributed by atoms with E-state index in [0.29, 0.717) is 36.2 Å². The number of amides is 1. The van der Waals surface area contributed by atoms with Gasteiger partial charge in [-0.25, -0.2) is 13.2 Å². The molecule has 4 aromatic rings. The summed E-state index contributed by atoms with van der Waals surface area (Å²) in [5, 5.41) is 14.5. The summed E-state index contributed by atoms with van der Waals surface area (Å²) < 4.78 is 77.4. The lowest BCUT2D eigenvalue weighted by atomic mass is 10.0. The van der Waals surface area contributed by atoms with Gasteiger partial charge in [0.15, 0.2) is 12.6 Å². The normalized spacial score (nSPS) is 19.0. The average molecular weight is 851 g/mol. The van der Waals surface area contributed by atoms with Gasteiger partial charge >= 0.3 is 13.7 Å². The van der Waals surface area contributed by atoms with E-state index in [9.17, 15) is 27.7 Å². The number of rotatable bonds is 21. The Kier molecular flexibility index (Phi) is 15.5. The fourth-order valence-electron chi connectivity index (χ4n) is 6.77. The second-order valence-electron chi connectivity index (χ2n) is 14.9. The molecule has 2 N–H and O–H groups in total. The average Bonchev–Trinajstić information content (AvgIpc) is 3.87. The molecule has 2 heterocycles. The first kappa shape index (κ1) is 44.1. The molecule has 0 bridgehead atoms. The number of ether oxygens (including phenoxy) is 4. The Bertz CT molecular complexity index is 2060. The summed E-state index contributed by atoms with van der Waals surface area (Å²) in [6.45, 7) is 4.21. The summed E-state index contributed by atoms with van der Waals surface area (Å²) in [5.41, 5.74) is 2.63. The van der Waals surface area contributed by atoms with Crippen LogP contribution in [-0.2, 0) is 57.5 Å². The molecule has 0 spiro atoms. The number of sulfonamides is 1. The molecule has 2 fully saturated rings. The first-order valence-electron chi connectivity index (χ1n) is 19.5. The number of carbonyl (C=O) groups excluding carboxylic acids is 2. The molecule has 2 aliphatic rings. The van der Waals surface area contributed by atoms with Crippen LogP contribution in [0.1, 0.15) is 47.3 Å². The van der Waals surface area contributed by atoms with Crippen molar-refractivity contribution in [2.24, 2.45) is 11.8 Å². The SMILES string of the molecule is CC(C)CN(C[C@@H](O)[C@H](Cc1ccc(OCP(=O)(OCc2ccccc2)OCc2ccccc2)cc1)NC(=O)O[C@H]1CO[C@H]2OCC[C@H]21)S(=O)(=O)c1ccc(C=O)cc1. The fourth-order valence-corrected chi connectivity index (χ4v) is 9.61. The molecule has 2 saturated heterocycles. The zero-order chi connectivity index (χ0) is 41.8. The van der Waals surface area contributed by atoms with Gasteiger partial charge in [-0.1, -0.05) is 98.8 Å². The standard InChI is InChI=1S/C43H51N2O12PS/c1-31(2)24-45(59(50,51)37-19-15-33(26-46)16-20-37)25-40(47)39(44-43(48)57-41-29-53-42-38(41)21-22-52-42)23-32-13-17-36(18-14-32)54-30-58(49,55-27-34-9-5-3-6-10-34)56-28-35-11-7-4-8-12-35/h3-20,26,31,38-42,47H,21-25,27-30H2,1-2H3,(H,44,48)/t38-,39-,40+,41-,42+/m0/s1. The van der Waals surface area contributed by atoms with E-state index in [2.05, 4.69) is 5.32 Å². The van der Waals surface area contributed by atoms with Gasteiger partial charge in [0.05, 0.1) is 49.4 Å². The van der Waals surface area contributed by atoms with Gasteiger partial charge in [0, 0.05) is 18.7 Å². The molecule has 2 aliphatic heterocycles. The minimum absolute atomic E-state index is 0.0366. The summed E-state index contributed by atoms with van der Waals surface area (Å²) in [6, 6.07) is 29.9. The predicted molar refractivity (Wildman–Crippen MR) is 218 cm³/mol. The monoisotopic (exact) mass is 850 g/mol. The van der Waals surface area contributed by atoms with Crippen LogP contribution < -0.4 is 10.1 Å². The first-order valence-corrected chi connectivity index (χ1v) is 22.7. The van der Waals surface area contributed by atoms with Crippen LogP contribution in [0.2, 0.25) is 0 Å². The molecule has 0 aliphatic carbocycles. The molecule has 1 amide bonds. The number of carbonyl (C=O) groups is 2. The van der Waals surface area contributed by atoms with Crippen LogP contribution in [-0.4, -0.2) is 87.4 Å². The van der Waals surface area contributed by atoms with E-state index in [1.54, 1.807) is 24.3 Å². The lowest BCUT2D eigenvalue weighted by Gasteiger charge is -2.31. The Hall–Kier alpha value is -4.44. The molecule has 0 saturated carbocycles. The molecule has 0 radical (unpaired) electrons. The number of nitrogens with one attached hydrogen (secondary N) is 1. The van der Waals surface area contributed by atoms with Crippen molar-refractivity contribution in [1.29, 1.82) is 0 Å². The number of hydrogen-bond acceptors (Lipinski definition) is 12. The largest absolute Gasteiger partial charge is 0.481 e. The number of nitrogens with zero attached hydrogens (tertiary/aromatic N) is 1. The highest BCUT2D eigenvalue weighted by atomic mass is 32.2. The molecule has 0 unspecified atom stereocenters. The van der Waals surface area contributed by atoms with Crippen molar-refractivity contribution in [3.05, 3.63) is 131 Å². The maximum atomic E-state index is 13.9. The van der Waals surface area contributed by atoms with Crippen molar-refractivity contribution in [1.82, 2.24) is 9.62 Å². The number of benzene rings is 4. The van der Waals surface area contributed by atoms with Crippen LogP contribution >= 0.6 is 7.60 Å². The van der Waals surface area contributed by atoms with Crippen LogP contribution in [0.5, 0.6) is 5.75 Å². The summed E-state index contributed by atoms with van der Waals surface area (Å²) in [5.74, 6) is 0.146. The number of aliphatic hydroxyl groups excluding tert-OH is 1. The molecule has 59 heavy (non-hydrogen) atoms. The van der Waals surface area contributed by atoms with E-state index < -0.39 is 48.3 Å². The third-order valence-corrected chi connectivity index (χ3v) is 13.3. The van der Waals surface area contributed by atoms with Gasteiger partial charge in [0.2, 0.25) is 10.0 Å². The van der Waals surface area contributed by atoms with Gasteiger partial charge in [0.1, 0.15) is 18.1 Å². The molecule has 0 aromatic heterocycles. The van der Waals surface area contributed by atoms with Crippen molar-refractivity contribution in [2.45, 2.75) is 69.3 Å². The van der Waals surface area contributed by atoms with Gasteiger partial charge in [-0.3, -0.25) is 9.36 Å². The Labute approximate surface area is 345 Å². The first-order chi connectivity index (χ1) is 28.4.